The van der Waals surface area contributed by atoms with Gasteiger partial charge >= 0.3 is 5.97 Å². The molecule has 0 saturated carbocycles. The van der Waals surface area contributed by atoms with Crippen LogP contribution in [-0.2, 0) is 34.8 Å². The van der Waals surface area contributed by atoms with Gasteiger partial charge in [-0.05, 0) is 25.5 Å². The van der Waals surface area contributed by atoms with Gasteiger partial charge in [0, 0.05) is 10.3 Å². The molecule has 0 aliphatic carbocycles. The van der Waals surface area contributed by atoms with Crippen molar-refractivity contribution in [3.05, 3.63) is 41.8 Å². The van der Waals surface area contributed by atoms with Gasteiger partial charge in [-0.3, -0.25) is 24.0 Å². The largest absolute Gasteiger partial charge is 0.481 e. The molecule has 0 heterocycles. The lowest BCUT2D eigenvalue weighted by Gasteiger charge is -2.19. The van der Waals surface area contributed by atoms with Crippen molar-refractivity contribution in [3.8, 4) is 0 Å². The molecular formula is C21H28N4O7S. The van der Waals surface area contributed by atoms with Crippen molar-refractivity contribution in [2.24, 2.45) is 0 Å². The Balaban J connectivity index is 2.61. The van der Waals surface area contributed by atoms with Crippen molar-refractivity contribution in [1.29, 1.82) is 0 Å². The lowest BCUT2D eigenvalue weighted by molar-refractivity contribution is -0.137. The Hall–Kier alpha value is -3.54. The molecule has 12 heteroatoms. The van der Waals surface area contributed by atoms with E-state index in [4.69, 9.17) is 5.11 Å². The zero-order valence-corrected chi connectivity index (χ0v) is 19.1. The second kappa shape index (κ2) is 14.5. The molecule has 4 atom stereocenters. The van der Waals surface area contributed by atoms with Crippen molar-refractivity contribution in [1.82, 2.24) is 21.3 Å². The zero-order valence-electron chi connectivity index (χ0n) is 18.3. The fourth-order valence-electron chi connectivity index (χ4n) is 2.57. The molecule has 0 spiro atoms. The summed E-state index contributed by atoms with van der Waals surface area (Å²) >= 11 is 0. The quantitative estimate of drug-likeness (QED) is 0.222. The highest BCUT2D eigenvalue weighted by atomic mass is 32.2. The first-order valence-electron chi connectivity index (χ1n) is 10.1. The molecule has 1 aromatic carbocycles. The van der Waals surface area contributed by atoms with E-state index >= 15 is 0 Å². The summed E-state index contributed by atoms with van der Waals surface area (Å²) in [7, 11) is -1.52. The number of carbonyl (C=O) groups excluding carboxylic acids is 4. The topological polar surface area (TPSA) is 171 Å². The monoisotopic (exact) mass is 480 g/mol. The third-order valence-electron chi connectivity index (χ3n) is 4.32. The number of carboxylic acids is 1. The minimum Gasteiger partial charge on any atom is -0.481 e. The van der Waals surface area contributed by atoms with Gasteiger partial charge in [0.05, 0.1) is 29.8 Å². The number of hydrogen-bond acceptors (Lipinski definition) is 6. The first-order valence-corrected chi connectivity index (χ1v) is 11.3. The highest BCUT2D eigenvalue weighted by molar-refractivity contribution is 7.88. The highest BCUT2D eigenvalue weighted by Crippen LogP contribution is 2.07. The smallest absolute Gasteiger partial charge is 0.305 e. The molecule has 0 radical (unpaired) electrons. The molecule has 11 nitrogen and oxygen atoms in total. The second-order valence-electron chi connectivity index (χ2n) is 6.90. The van der Waals surface area contributed by atoms with Crippen LogP contribution in [0.2, 0.25) is 0 Å². The van der Waals surface area contributed by atoms with Crippen molar-refractivity contribution >= 4 is 40.9 Å². The van der Waals surface area contributed by atoms with E-state index in [0.29, 0.717) is 17.7 Å². The average Bonchev–Trinajstić information content (AvgIpc) is 2.79. The lowest BCUT2D eigenvalue weighted by atomic mass is 10.2. The number of nitrogens with one attached hydrogen (secondary N) is 4. The normalized spacial score (nSPS) is 14.4. The second-order valence-corrected chi connectivity index (χ2v) is 8.24. The molecule has 0 aromatic heterocycles. The number of carboxylic acid groups (broad SMARTS) is 1. The van der Waals surface area contributed by atoms with E-state index in [1.807, 2.05) is 0 Å². The first-order chi connectivity index (χ1) is 15.7. The fraction of sp³-hybridized carbons (Fsp3) is 0.381. The van der Waals surface area contributed by atoms with E-state index in [1.165, 1.54) is 18.4 Å². The minimum absolute atomic E-state index is 0.328. The number of benzene rings is 1. The number of aliphatic carboxylic acids is 1. The standard InChI is InChI=1S/C21H28N4O7S/c1-3-17(23-13-26)21(31)24-14(2)20(30)22-12-18(27)25-15(11-19(28)29)9-10-33(32)16-7-5-4-6-8-16/h4-10,13-15,17H,3,11-12H2,1-2H3,(H,22,30)(H,23,26)(H,24,31)(H,25,27)(H,28,29)/b10-9+/t14?,15?,17-,33?/m0/s1. The van der Waals surface area contributed by atoms with Crippen LogP contribution in [0.4, 0.5) is 0 Å². The van der Waals surface area contributed by atoms with E-state index in [9.17, 15) is 28.2 Å². The molecule has 33 heavy (non-hydrogen) atoms. The Kier molecular flexibility index (Phi) is 12.1. The van der Waals surface area contributed by atoms with Gasteiger partial charge in [-0.1, -0.05) is 31.2 Å². The summed E-state index contributed by atoms with van der Waals surface area (Å²) in [6.07, 6.45) is 1.59. The lowest BCUT2D eigenvalue weighted by Crippen LogP contribution is -2.52. The summed E-state index contributed by atoms with van der Waals surface area (Å²) in [6.45, 7) is 2.63. The van der Waals surface area contributed by atoms with Gasteiger partial charge in [-0.2, -0.15) is 0 Å². The van der Waals surface area contributed by atoms with Gasteiger partial charge in [0.2, 0.25) is 24.1 Å². The summed E-state index contributed by atoms with van der Waals surface area (Å²) in [5.74, 6) is -3.03. The molecule has 0 aliphatic rings. The van der Waals surface area contributed by atoms with Gasteiger partial charge in [0.25, 0.3) is 0 Å². The van der Waals surface area contributed by atoms with E-state index in [2.05, 4.69) is 21.3 Å². The van der Waals surface area contributed by atoms with Crippen LogP contribution in [0.1, 0.15) is 26.7 Å². The van der Waals surface area contributed by atoms with Crippen molar-refractivity contribution < 1.29 is 33.3 Å². The Bertz CT molecular complexity index is 892. The molecule has 4 amide bonds. The van der Waals surface area contributed by atoms with E-state index in [-0.39, 0.29) is 0 Å². The van der Waals surface area contributed by atoms with Gasteiger partial charge in [-0.15, -0.1) is 0 Å². The van der Waals surface area contributed by atoms with E-state index in [0.717, 1.165) is 0 Å². The summed E-state index contributed by atoms with van der Waals surface area (Å²) in [6, 6.07) is 5.79. The molecule has 0 aliphatic heterocycles. The Morgan fingerprint density at radius 3 is 2.33 bits per heavy atom. The number of amides is 4. The SMILES string of the molecule is CC[C@H](NC=O)C(=O)NC(C)C(=O)NCC(=O)NC(/C=C/S(=O)c1ccccc1)CC(=O)O. The molecule has 5 N–H and O–H groups in total. The van der Waals surface area contributed by atoms with Crippen LogP contribution in [0.25, 0.3) is 0 Å². The van der Waals surface area contributed by atoms with Crippen molar-refractivity contribution in [2.75, 3.05) is 6.54 Å². The van der Waals surface area contributed by atoms with E-state index < -0.39 is 65.6 Å². The van der Waals surface area contributed by atoms with Gasteiger partial charge < -0.3 is 26.4 Å². The maximum absolute atomic E-state index is 12.3. The number of hydrogen-bond donors (Lipinski definition) is 5. The van der Waals surface area contributed by atoms with Crippen molar-refractivity contribution in [3.63, 3.8) is 0 Å². The molecule has 0 fully saturated rings. The summed E-state index contributed by atoms with van der Waals surface area (Å²) < 4.78 is 12.3. The summed E-state index contributed by atoms with van der Waals surface area (Å²) in [5.41, 5.74) is 0. The highest BCUT2D eigenvalue weighted by Gasteiger charge is 2.22. The third kappa shape index (κ3) is 10.5. The maximum Gasteiger partial charge on any atom is 0.305 e. The van der Waals surface area contributed by atoms with Crippen LogP contribution in [0.15, 0.2) is 46.7 Å². The van der Waals surface area contributed by atoms with Gasteiger partial charge in [0.15, 0.2) is 0 Å². The van der Waals surface area contributed by atoms with Crippen LogP contribution < -0.4 is 21.3 Å². The molecule has 180 valence electrons. The maximum atomic E-state index is 12.3. The Morgan fingerprint density at radius 1 is 1.09 bits per heavy atom. The molecular weight excluding hydrogens is 452 g/mol. The first kappa shape index (κ1) is 27.5. The summed E-state index contributed by atoms with van der Waals surface area (Å²) in [4.78, 5) is 58.5. The fourth-order valence-corrected chi connectivity index (χ4v) is 3.49. The average molecular weight is 481 g/mol. The molecule has 0 saturated heterocycles. The molecule has 0 bridgehead atoms. The van der Waals surface area contributed by atoms with Crippen LogP contribution >= 0.6 is 0 Å². The summed E-state index contributed by atoms with van der Waals surface area (Å²) in [5, 5.41) is 19.9. The third-order valence-corrected chi connectivity index (χ3v) is 5.46. The van der Waals surface area contributed by atoms with Crippen LogP contribution in [0, 0.1) is 0 Å². The van der Waals surface area contributed by atoms with Crippen LogP contribution in [0.3, 0.4) is 0 Å². The van der Waals surface area contributed by atoms with Crippen LogP contribution in [0.5, 0.6) is 0 Å². The predicted molar refractivity (Wildman–Crippen MR) is 120 cm³/mol. The number of rotatable bonds is 14. The van der Waals surface area contributed by atoms with Crippen LogP contribution in [-0.4, -0.2) is 64.1 Å². The van der Waals surface area contributed by atoms with Gasteiger partial charge in [-0.25, -0.2) is 4.21 Å². The zero-order chi connectivity index (χ0) is 24.8. The Labute approximate surface area is 193 Å². The minimum atomic E-state index is -1.52. The molecule has 3 unspecified atom stereocenters. The molecule has 1 aromatic rings. The number of carbonyl (C=O) groups is 5. The molecule has 1 rings (SSSR count). The predicted octanol–water partition coefficient (Wildman–Crippen LogP) is -0.587. The van der Waals surface area contributed by atoms with Crippen molar-refractivity contribution in [2.45, 2.75) is 49.7 Å². The Morgan fingerprint density at radius 2 is 1.76 bits per heavy atom. The van der Waals surface area contributed by atoms with E-state index in [1.54, 1.807) is 37.3 Å². The van der Waals surface area contributed by atoms with Gasteiger partial charge in [0.1, 0.15) is 12.1 Å².